The van der Waals surface area contributed by atoms with Gasteiger partial charge in [-0.15, -0.1) is 0 Å². The summed E-state index contributed by atoms with van der Waals surface area (Å²) in [4.78, 5) is 55.0. The number of anilines is 1. The monoisotopic (exact) mass is 543 g/mol. The van der Waals surface area contributed by atoms with E-state index in [1.54, 1.807) is 55.5 Å². The van der Waals surface area contributed by atoms with Gasteiger partial charge in [-0.3, -0.25) is 24.1 Å². The van der Waals surface area contributed by atoms with E-state index < -0.39 is 17.8 Å². The molecule has 6 nitrogen and oxygen atoms in total. The van der Waals surface area contributed by atoms with E-state index in [0.29, 0.717) is 28.8 Å². The molecule has 0 saturated carbocycles. The Balaban J connectivity index is 1.48. The third-order valence-corrected chi connectivity index (χ3v) is 8.40. The molecule has 1 saturated heterocycles. The highest BCUT2D eigenvalue weighted by Crippen LogP contribution is 2.55. The van der Waals surface area contributed by atoms with Crippen molar-refractivity contribution in [2.75, 3.05) is 4.90 Å². The van der Waals surface area contributed by atoms with Gasteiger partial charge in [-0.1, -0.05) is 39.7 Å². The Morgan fingerprint density at radius 2 is 1.61 bits per heavy atom. The number of allylic oxidation sites excluding steroid dienone is 6. The second kappa shape index (κ2) is 8.23. The van der Waals surface area contributed by atoms with Crippen LogP contribution < -0.4 is 4.90 Å². The van der Waals surface area contributed by atoms with Crippen molar-refractivity contribution < 1.29 is 24.3 Å². The fourth-order valence-corrected chi connectivity index (χ4v) is 6.52. The Labute approximate surface area is 216 Å². The molecule has 180 valence electrons. The van der Waals surface area contributed by atoms with Crippen molar-refractivity contribution in [2.24, 2.45) is 17.8 Å². The summed E-state index contributed by atoms with van der Waals surface area (Å²) in [5.74, 6) is -2.78. The Morgan fingerprint density at radius 3 is 2.31 bits per heavy atom. The van der Waals surface area contributed by atoms with Gasteiger partial charge in [-0.05, 0) is 73.7 Å². The van der Waals surface area contributed by atoms with Gasteiger partial charge >= 0.3 is 0 Å². The number of hydrogen-bond acceptors (Lipinski definition) is 5. The summed E-state index contributed by atoms with van der Waals surface area (Å²) >= 11 is 3.39. The summed E-state index contributed by atoms with van der Waals surface area (Å²) in [7, 11) is 0. The highest BCUT2D eigenvalue weighted by Gasteiger charge is 2.56. The summed E-state index contributed by atoms with van der Waals surface area (Å²) in [6, 6.07) is 13.7. The fraction of sp³-hybridized carbons (Fsp3) is 0.241. The van der Waals surface area contributed by atoms with E-state index in [2.05, 4.69) is 15.9 Å². The van der Waals surface area contributed by atoms with Gasteiger partial charge in [0.2, 0.25) is 11.8 Å². The molecule has 4 atom stereocenters. The topological polar surface area (TPSA) is 91.8 Å². The highest BCUT2D eigenvalue weighted by molar-refractivity contribution is 9.10. The first-order chi connectivity index (χ1) is 17.3. The minimum atomic E-state index is -0.607. The van der Waals surface area contributed by atoms with Gasteiger partial charge in [-0.2, -0.15) is 0 Å². The zero-order valence-corrected chi connectivity index (χ0v) is 21.0. The van der Waals surface area contributed by atoms with Crippen LogP contribution in [-0.2, 0) is 19.2 Å². The van der Waals surface area contributed by atoms with Crippen molar-refractivity contribution >= 4 is 45.0 Å². The van der Waals surface area contributed by atoms with Gasteiger partial charge in [0.15, 0.2) is 11.6 Å². The number of phenolic OH excluding ortho intramolecular Hbond substituents is 1. The summed E-state index contributed by atoms with van der Waals surface area (Å²) < 4.78 is 0.846. The third-order valence-electron chi connectivity index (χ3n) is 7.88. The van der Waals surface area contributed by atoms with E-state index in [1.165, 1.54) is 11.0 Å². The van der Waals surface area contributed by atoms with Gasteiger partial charge in [0.1, 0.15) is 5.75 Å². The van der Waals surface area contributed by atoms with Crippen molar-refractivity contribution in [1.82, 2.24) is 0 Å². The zero-order valence-electron chi connectivity index (χ0n) is 19.4. The minimum absolute atomic E-state index is 0.0989. The van der Waals surface area contributed by atoms with Gasteiger partial charge in [0.05, 0.1) is 17.5 Å². The molecule has 1 N–H and O–H groups in total. The fourth-order valence-electron chi connectivity index (χ4n) is 6.25. The van der Waals surface area contributed by atoms with Crippen LogP contribution in [0.5, 0.6) is 5.75 Å². The molecule has 0 spiro atoms. The molecule has 2 aromatic rings. The summed E-state index contributed by atoms with van der Waals surface area (Å²) in [5.41, 5.74) is 3.46. The number of aromatic hydroxyl groups is 1. The molecule has 2 amide bonds. The van der Waals surface area contributed by atoms with Crippen LogP contribution in [-0.4, -0.2) is 28.5 Å². The molecule has 4 aliphatic rings. The smallest absolute Gasteiger partial charge is 0.238 e. The van der Waals surface area contributed by atoms with Crippen LogP contribution in [0.1, 0.15) is 31.2 Å². The Morgan fingerprint density at radius 1 is 0.917 bits per heavy atom. The predicted molar refractivity (Wildman–Crippen MR) is 136 cm³/mol. The SMILES string of the molecule is CC1=CC(=O)C2=C(C1=O)C(c1ccc(O)cc1)C1=CCC3C(=O)N(c4ccc(Br)cc4)C(=O)C3C1C2. The maximum Gasteiger partial charge on any atom is 0.238 e. The molecule has 4 unspecified atom stereocenters. The number of carbonyl (C=O) groups is 4. The van der Waals surface area contributed by atoms with E-state index in [1.807, 2.05) is 6.08 Å². The van der Waals surface area contributed by atoms with E-state index >= 15 is 0 Å². The number of nitrogens with zero attached hydrogens (tertiary/aromatic N) is 1. The first-order valence-corrected chi connectivity index (χ1v) is 12.7. The second-order valence-corrected chi connectivity index (χ2v) is 10.7. The molecule has 1 fully saturated rings. The molecule has 0 radical (unpaired) electrons. The normalized spacial score (nSPS) is 27.4. The number of imide groups is 1. The molecule has 1 heterocycles. The first-order valence-electron chi connectivity index (χ1n) is 11.9. The van der Waals surface area contributed by atoms with Gasteiger partial charge in [-0.25, -0.2) is 0 Å². The molecule has 6 rings (SSSR count). The lowest BCUT2D eigenvalue weighted by Crippen LogP contribution is -2.39. The number of fused-ring (bicyclic) bond motifs is 3. The standard InChI is InChI=1S/C29H22BrNO5/c1-14-12-23(33)22-13-21-19(24(26(22)27(14)34)15-2-8-18(32)9-3-15)10-11-20-25(21)29(36)31(28(20)35)17-6-4-16(30)5-7-17/h2-10,12,20-21,24-25,32H,11,13H2,1H3. The number of benzene rings is 2. The van der Waals surface area contributed by atoms with Crippen molar-refractivity contribution in [3.05, 3.63) is 93.0 Å². The quantitative estimate of drug-likeness (QED) is 0.334. The minimum Gasteiger partial charge on any atom is -0.508 e. The maximum atomic E-state index is 13.8. The van der Waals surface area contributed by atoms with E-state index in [-0.39, 0.29) is 41.5 Å². The molecule has 36 heavy (non-hydrogen) atoms. The Hall–Kier alpha value is -3.58. The van der Waals surface area contributed by atoms with Crippen LogP contribution in [0, 0.1) is 17.8 Å². The molecular formula is C29H22BrNO5. The number of hydrogen-bond donors (Lipinski definition) is 1. The van der Waals surface area contributed by atoms with E-state index in [4.69, 9.17) is 0 Å². The summed E-state index contributed by atoms with van der Waals surface area (Å²) in [6.07, 6.45) is 4.01. The van der Waals surface area contributed by atoms with Crippen LogP contribution >= 0.6 is 15.9 Å². The maximum absolute atomic E-state index is 13.8. The number of amides is 2. The number of halogens is 1. The highest BCUT2D eigenvalue weighted by atomic mass is 79.9. The number of rotatable bonds is 2. The number of phenols is 1. The molecule has 0 bridgehead atoms. The molecule has 1 aliphatic heterocycles. The number of ketones is 2. The first kappa shape index (κ1) is 22.9. The number of carbonyl (C=O) groups excluding carboxylic acids is 4. The molecule has 7 heteroatoms. The summed E-state index contributed by atoms with van der Waals surface area (Å²) in [5, 5.41) is 9.85. The van der Waals surface area contributed by atoms with Gasteiger partial charge in [0, 0.05) is 27.1 Å². The molecule has 0 aromatic heterocycles. The largest absolute Gasteiger partial charge is 0.508 e. The van der Waals surface area contributed by atoms with Crippen molar-refractivity contribution in [3.63, 3.8) is 0 Å². The van der Waals surface area contributed by atoms with Gasteiger partial charge < -0.3 is 5.11 Å². The predicted octanol–water partition coefficient (Wildman–Crippen LogP) is 4.79. The lowest BCUT2D eigenvalue weighted by Gasteiger charge is -2.42. The van der Waals surface area contributed by atoms with Crippen LogP contribution in [0.3, 0.4) is 0 Å². The lowest BCUT2D eigenvalue weighted by atomic mass is 9.59. The molecular weight excluding hydrogens is 522 g/mol. The molecule has 3 aliphatic carbocycles. The second-order valence-electron chi connectivity index (χ2n) is 9.81. The van der Waals surface area contributed by atoms with Crippen molar-refractivity contribution in [1.29, 1.82) is 0 Å². The zero-order chi connectivity index (χ0) is 25.3. The molecule has 2 aromatic carbocycles. The van der Waals surface area contributed by atoms with E-state index in [9.17, 15) is 24.3 Å². The Kier molecular flexibility index (Phi) is 5.23. The van der Waals surface area contributed by atoms with Gasteiger partial charge in [0.25, 0.3) is 0 Å². The average Bonchev–Trinajstić information content (AvgIpc) is 3.12. The van der Waals surface area contributed by atoms with Crippen LogP contribution in [0.25, 0.3) is 0 Å². The van der Waals surface area contributed by atoms with Crippen LogP contribution in [0.4, 0.5) is 5.69 Å². The third kappa shape index (κ3) is 3.29. The average molecular weight is 544 g/mol. The van der Waals surface area contributed by atoms with Crippen molar-refractivity contribution in [2.45, 2.75) is 25.7 Å². The lowest BCUT2D eigenvalue weighted by molar-refractivity contribution is -0.123. The number of Topliss-reactive ketones (excluding diaryl/α,β-unsaturated/α-hetero) is 1. The van der Waals surface area contributed by atoms with Crippen LogP contribution in [0.15, 0.2) is 87.4 Å². The van der Waals surface area contributed by atoms with Crippen molar-refractivity contribution in [3.8, 4) is 5.75 Å². The Bertz CT molecular complexity index is 1450. The van der Waals surface area contributed by atoms with Crippen LogP contribution in [0.2, 0.25) is 0 Å². The van der Waals surface area contributed by atoms with E-state index in [0.717, 1.165) is 15.6 Å². The summed E-state index contributed by atoms with van der Waals surface area (Å²) in [6.45, 7) is 1.64.